The minimum Gasteiger partial charge on any atom is -0.488 e. The predicted molar refractivity (Wildman–Crippen MR) is 76.5 cm³/mol. The van der Waals surface area contributed by atoms with E-state index in [0.29, 0.717) is 21.3 Å². The van der Waals surface area contributed by atoms with Crippen LogP contribution in [0.5, 0.6) is 5.75 Å². The summed E-state index contributed by atoms with van der Waals surface area (Å²) in [5.74, 6) is 4.89. The Hall–Kier alpha value is -1.92. The number of carbonyl (C=O) groups is 1. The van der Waals surface area contributed by atoms with E-state index >= 15 is 0 Å². The van der Waals surface area contributed by atoms with Gasteiger partial charge in [0.05, 0.1) is 4.47 Å². The maximum absolute atomic E-state index is 13.0. The molecule has 0 saturated heterocycles. The van der Waals surface area contributed by atoms with E-state index < -0.39 is 0 Å². The zero-order chi connectivity index (χ0) is 14.5. The lowest BCUT2D eigenvalue weighted by molar-refractivity contribution is 0.0951. The van der Waals surface area contributed by atoms with Crippen LogP contribution in [0.1, 0.15) is 15.9 Å². The fraction of sp³-hybridized carbons (Fsp3) is 0.0714. The number of nitrogens with two attached hydrogens (primary N) is 1. The van der Waals surface area contributed by atoms with Crippen molar-refractivity contribution in [3.63, 3.8) is 0 Å². The number of hydrogen-bond acceptors (Lipinski definition) is 3. The number of rotatable bonds is 4. The highest BCUT2D eigenvalue weighted by atomic mass is 79.9. The molecule has 4 nitrogen and oxygen atoms in total. The Kier molecular flexibility index (Phi) is 4.70. The molecule has 0 saturated carbocycles. The third-order valence-corrected chi connectivity index (χ3v) is 3.29. The van der Waals surface area contributed by atoms with Gasteiger partial charge in [-0.25, -0.2) is 10.2 Å². The third-order valence-electron chi connectivity index (χ3n) is 2.67. The van der Waals surface area contributed by atoms with Crippen LogP contribution in [0.3, 0.4) is 0 Å². The molecular formula is C14H12BrFN2O2. The zero-order valence-electron chi connectivity index (χ0n) is 10.4. The van der Waals surface area contributed by atoms with E-state index in [9.17, 15) is 9.18 Å². The van der Waals surface area contributed by atoms with Crippen LogP contribution >= 0.6 is 15.9 Å². The van der Waals surface area contributed by atoms with Crippen LogP contribution < -0.4 is 16.0 Å². The number of hydrogen-bond donors (Lipinski definition) is 2. The number of hydrazine groups is 1. The quantitative estimate of drug-likeness (QED) is 0.511. The van der Waals surface area contributed by atoms with Gasteiger partial charge >= 0.3 is 0 Å². The first-order chi connectivity index (χ1) is 9.61. The Bertz CT molecular complexity index is 634. The summed E-state index contributed by atoms with van der Waals surface area (Å²) in [5, 5.41) is 0. The van der Waals surface area contributed by atoms with Crippen molar-refractivity contribution in [3.05, 3.63) is 63.9 Å². The summed E-state index contributed by atoms with van der Waals surface area (Å²) >= 11 is 3.22. The van der Waals surface area contributed by atoms with Gasteiger partial charge in [0.2, 0.25) is 0 Å². The van der Waals surface area contributed by atoms with Crippen molar-refractivity contribution in [1.82, 2.24) is 5.43 Å². The summed E-state index contributed by atoms with van der Waals surface area (Å²) in [4.78, 5) is 11.6. The number of ether oxygens (including phenoxy) is 1. The van der Waals surface area contributed by atoms with Crippen LogP contribution in [0.15, 0.2) is 46.9 Å². The van der Waals surface area contributed by atoms with E-state index in [1.807, 2.05) is 0 Å². The van der Waals surface area contributed by atoms with Gasteiger partial charge in [-0.15, -0.1) is 0 Å². The molecule has 0 aliphatic rings. The lowest BCUT2D eigenvalue weighted by Gasteiger charge is -2.11. The van der Waals surface area contributed by atoms with Gasteiger partial charge in [0.25, 0.3) is 5.91 Å². The zero-order valence-corrected chi connectivity index (χ0v) is 12.0. The summed E-state index contributed by atoms with van der Waals surface area (Å²) in [7, 11) is 0. The molecule has 6 heteroatoms. The molecule has 0 spiro atoms. The Morgan fingerprint density at radius 2 is 2.05 bits per heavy atom. The largest absolute Gasteiger partial charge is 0.488 e. The maximum Gasteiger partial charge on any atom is 0.265 e. The molecule has 2 aromatic rings. The summed E-state index contributed by atoms with van der Waals surface area (Å²) in [5.41, 5.74) is 3.21. The van der Waals surface area contributed by atoms with Crippen molar-refractivity contribution < 1.29 is 13.9 Å². The lowest BCUT2D eigenvalue weighted by atomic mass is 10.1. The number of halogens is 2. The second kappa shape index (κ2) is 6.49. The van der Waals surface area contributed by atoms with Gasteiger partial charge in [-0.1, -0.05) is 18.2 Å². The van der Waals surface area contributed by atoms with Crippen molar-refractivity contribution in [2.24, 2.45) is 5.84 Å². The van der Waals surface area contributed by atoms with Crippen molar-refractivity contribution in [2.75, 3.05) is 0 Å². The lowest BCUT2D eigenvalue weighted by Crippen LogP contribution is -2.30. The molecule has 2 aromatic carbocycles. The Balaban J connectivity index is 2.17. The molecule has 0 fully saturated rings. The molecule has 0 radical (unpaired) electrons. The molecule has 3 N–H and O–H groups in total. The van der Waals surface area contributed by atoms with Crippen LogP contribution in [0.2, 0.25) is 0 Å². The molecule has 0 bridgehead atoms. The molecule has 104 valence electrons. The van der Waals surface area contributed by atoms with Crippen LogP contribution in [0.25, 0.3) is 0 Å². The minimum absolute atomic E-state index is 0.174. The second-order valence-corrected chi connectivity index (χ2v) is 4.85. The number of nitrogen functional groups attached to an aromatic ring is 1. The minimum atomic E-state index is -0.387. The molecule has 0 heterocycles. The van der Waals surface area contributed by atoms with Gasteiger partial charge in [0.1, 0.15) is 18.2 Å². The number of amides is 1. The Morgan fingerprint density at radius 1 is 1.30 bits per heavy atom. The average molecular weight is 339 g/mol. The number of carbonyl (C=O) groups excluding carboxylic acids is 1. The van der Waals surface area contributed by atoms with E-state index in [4.69, 9.17) is 10.6 Å². The van der Waals surface area contributed by atoms with Gasteiger partial charge in [0, 0.05) is 11.1 Å². The standard InChI is InChI=1S/C14H12BrFN2O2/c15-12-7-10(16)5-6-13(12)20-8-9-3-1-2-4-11(9)14(19)18-17/h1-7H,8,17H2,(H,18,19). The number of nitrogens with one attached hydrogen (secondary N) is 1. The molecule has 0 aliphatic carbocycles. The highest BCUT2D eigenvalue weighted by Gasteiger charge is 2.10. The van der Waals surface area contributed by atoms with E-state index in [2.05, 4.69) is 21.4 Å². The highest BCUT2D eigenvalue weighted by molar-refractivity contribution is 9.10. The molecule has 0 atom stereocenters. The van der Waals surface area contributed by atoms with Crippen LogP contribution in [-0.4, -0.2) is 5.91 Å². The van der Waals surface area contributed by atoms with Crippen molar-refractivity contribution in [3.8, 4) is 5.75 Å². The number of benzene rings is 2. The van der Waals surface area contributed by atoms with Crippen molar-refractivity contribution >= 4 is 21.8 Å². The molecule has 0 unspecified atom stereocenters. The van der Waals surface area contributed by atoms with Crippen LogP contribution in [-0.2, 0) is 6.61 Å². The van der Waals surface area contributed by atoms with Gasteiger partial charge in [0.15, 0.2) is 0 Å². The molecule has 2 rings (SSSR count). The fourth-order valence-corrected chi connectivity index (χ4v) is 2.16. The van der Waals surface area contributed by atoms with Crippen LogP contribution in [0, 0.1) is 5.82 Å². The van der Waals surface area contributed by atoms with Crippen LogP contribution in [0.4, 0.5) is 4.39 Å². The molecule has 0 aromatic heterocycles. The summed E-state index contributed by atoms with van der Waals surface area (Å²) in [6, 6.07) is 11.1. The van der Waals surface area contributed by atoms with Gasteiger partial charge in [-0.3, -0.25) is 10.2 Å². The van der Waals surface area contributed by atoms with Gasteiger partial charge in [-0.2, -0.15) is 0 Å². The topological polar surface area (TPSA) is 64.3 Å². The first-order valence-corrected chi connectivity index (χ1v) is 6.58. The normalized spacial score (nSPS) is 10.2. The average Bonchev–Trinajstić information content (AvgIpc) is 2.46. The second-order valence-electron chi connectivity index (χ2n) is 3.99. The van der Waals surface area contributed by atoms with E-state index in [1.165, 1.54) is 18.2 Å². The van der Waals surface area contributed by atoms with E-state index in [0.717, 1.165) is 0 Å². The smallest absolute Gasteiger partial charge is 0.265 e. The SMILES string of the molecule is NNC(=O)c1ccccc1COc1ccc(F)cc1Br. The van der Waals surface area contributed by atoms with Gasteiger partial charge < -0.3 is 4.74 Å². The highest BCUT2D eigenvalue weighted by Crippen LogP contribution is 2.26. The first-order valence-electron chi connectivity index (χ1n) is 5.78. The monoisotopic (exact) mass is 338 g/mol. The third kappa shape index (κ3) is 3.34. The maximum atomic E-state index is 13.0. The van der Waals surface area contributed by atoms with Crippen molar-refractivity contribution in [2.45, 2.75) is 6.61 Å². The van der Waals surface area contributed by atoms with E-state index in [1.54, 1.807) is 24.3 Å². The molecule has 1 amide bonds. The Morgan fingerprint density at radius 3 is 2.75 bits per heavy atom. The first kappa shape index (κ1) is 14.5. The molecule has 20 heavy (non-hydrogen) atoms. The fourth-order valence-electron chi connectivity index (χ4n) is 1.69. The van der Waals surface area contributed by atoms with Gasteiger partial charge in [-0.05, 0) is 40.2 Å². The summed E-state index contributed by atoms with van der Waals surface area (Å²) in [6.07, 6.45) is 0. The summed E-state index contributed by atoms with van der Waals surface area (Å²) < 4.78 is 19.1. The predicted octanol–water partition coefficient (Wildman–Crippen LogP) is 2.77. The van der Waals surface area contributed by atoms with E-state index in [-0.39, 0.29) is 18.3 Å². The molecule has 0 aliphatic heterocycles. The molecular weight excluding hydrogens is 327 g/mol. The summed E-state index contributed by atoms with van der Waals surface area (Å²) in [6.45, 7) is 0.174. The Labute approximate surface area is 123 Å². The van der Waals surface area contributed by atoms with Crippen molar-refractivity contribution in [1.29, 1.82) is 0 Å².